The highest BCUT2D eigenvalue weighted by Crippen LogP contribution is 2.36. The van der Waals surface area contributed by atoms with Crippen LogP contribution in [0.5, 0.6) is 0 Å². The van der Waals surface area contributed by atoms with Crippen LogP contribution in [-0.4, -0.2) is 280 Å². The van der Waals surface area contributed by atoms with Crippen molar-refractivity contribution in [3.63, 3.8) is 0 Å². The van der Waals surface area contributed by atoms with E-state index in [4.69, 9.17) is 24.1 Å². The summed E-state index contributed by atoms with van der Waals surface area (Å²) in [4.78, 5) is 171. The number of aliphatic hydroxyl groups is 1. The molecular weight excluding hydrogens is 1760 g/mol. The quantitative estimate of drug-likeness (QED) is 0.0182. The van der Waals surface area contributed by atoms with Gasteiger partial charge in [-0.15, -0.1) is 0 Å². The van der Waals surface area contributed by atoms with E-state index >= 15 is 0 Å². The molecule has 4 aromatic rings. The standard InChI is InChI=1S/C52H78N8O8.C52H70N8O8.CH4O/c2*1-33(53-5)47(61)57-45(51(65)59-29-17-27-43(59)49(63)55-41-25-15-21-37-19-9-11-23-39(37)41)35(3)67-31-13-7-8-14-32-68-36(4)46(58-48(62)34(2)54-6)52(66)60-30-18-28-44(60)50(64)56-42-26-16-22-38-20-10-12-24-40(38)42;1-2/h9-12,19-20,23-24,33-36,41-46,53-54H,7-8,13-18,21-22,25-32H2,1-6H3,(H,55,63)(H,56,64)(H,57,61)(H,58,62);9-12,19-20,23-24,33-36,41-46,53-54H,15-18,21-22,25-32H2,1-6H3,(H,55,63)(H,56,64)(H,57,61)(H,58,62);2H,1H3/t2*33-,34-,35?,36?,41+,42+,43?,44?,45-,46-;/m00./s1. The topological polar surface area (TPSA) is 419 Å². The van der Waals surface area contributed by atoms with Crippen molar-refractivity contribution in [1.82, 2.24) is 83.4 Å². The van der Waals surface area contributed by atoms with E-state index in [1.807, 2.05) is 60.7 Å². The number of fused-ring (bicyclic) bond motifs is 4. The number of carbonyl (C=O) groups excluding carboxylic acids is 12. The number of likely N-dealkylation sites (N-methyl/N-ethyl adjacent to an activating group) is 4. The molecule has 13 N–H and O–H groups in total. The van der Waals surface area contributed by atoms with E-state index < -0.39 is 121 Å². The number of rotatable bonds is 41. The maximum Gasteiger partial charge on any atom is 0.248 e. The fourth-order valence-electron chi connectivity index (χ4n) is 19.8. The number of ether oxygens (including phenoxy) is 4. The first-order chi connectivity index (χ1) is 66.6. The van der Waals surface area contributed by atoms with E-state index in [1.165, 1.54) is 22.3 Å². The minimum absolute atomic E-state index is 0.102. The van der Waals surface area contributed by atoms with Gasteiger partial charge in [-0.3, -0.25) is 57.5 Å². The summed E-state index contributed by atoms with van der Waals surface area (Å²) < 4.78 is 24.4. The summed E-state index contributed by atoms with van der Waals surface area (Å²) in [6.07, 6.45) is 16.0. The highest BCUT2D eigenvalue weighted by molar-refractivity contribution is 5.97. The highest BCUT2D eigenvalue weighted by Gasteiger charge is 2.47. The summed E-state index contributed by atoms with van der Waals surface area (Å²) in [7, 11) is 7.67. The Kier molecular flexibility index (Phi) is 43.8. The molecule has 33 heteroatoms. The molecule has 33 nitrogen and oxygen atoms in total. The number of hydrogen-bond donors (Lipinski definition) is 13. The second-order valence-electron chi connectivity index (χ2n) is 37.6. The third-order valence-corrected chi connectivity index (χ3v) is 28.4. The molecule has 4 fully saturated rings. The fourth-order valence-corrected chi connectivity index (χ4v) is 19.8. The molecule has 12 amide bonds. The van der Waals surface area contributed by atoms with Crippen LogP contribution in [0.2, 0.25) is 0 Å². The zero-order chi connectivity index (χ0) is 99.5. The van der Waals surface area contributed by atoms with Gasteiger partial charge >= 0.3 is 0 Å². The molecular formula is C105H152N16O17. The van der Waals surface area contributed by atoms with Crippen LogP contribution in [0.1, 0.15) is 252 Å². The lowest BCUT2D eigenvalue weighted by molar-refractivity contribution is -0.145. The molecule has 754 valence electrons. The van der Waals surface area contributed by atoms with Gasteiger partial charge < -0.3 is 107 Å². The van der Waals surface area contributed by atoms with Gasteiger partial charge in [0.1, 0.15) is 61.5 Å². The van der Waals surface area contributed by atoms with E-state index in [1.54, 1.807) is 103 Å². The maximum atomic E-state index is 14.3. The first-order valence-corrected chi connectivity index (χ1v) is 50.2. The van der Waals surface area contributed by atoms with Crippen molar-refractivity contribution in [2.24, 2.45) is 0 Å². The van der Waals surface area contributed by atoms with Crippen LogP contribution >= 0.6 is 0 Å². The first kappa shape index (κ1) is 109. The molecule has 138 heavy (non-hydrogen) atoms. The number of aryl methyl sites for hydroxylation is 4. The molecule has 0 radical (unpaired) electrons. The number of likely N-dealkylation sites (tertiary alicyclic amines) is 4. The Morgan fingerprint density at radius 1 is 0.319 bits per heavy atom. The zero-order valence-electron chi connectivity index (χ0n) is 83.2. The molecule has 0 aromatic heterocycles. The first-order valence-electron chi connectivity index (χ1n) is 50.2. The third kappa shape index (κ3) is 29.7. The van der Waals surface area contributed by atoms with Crippen LogP contribution in [-0.2, 0) is 102 Å². The normalized spacial score (nSPS) is 22.2. The summed E-state index contributed by atoms with van der Waals surface area (Å²) in [5, 5.41) is 43.1. The Bertz CT molecular complexity index is 4580. The van der Waals surface area contributed by atoms with Crippen molar-refractivity contribution >= 4 is 70.9 Å². The lowest BCUT2D eigenvalue weighted by Crippen LogP contribution is -2.59. The lowest BCUT2D eigenvalue weighted by atomic mass is 9.87. The van der Waals surface area contributed by atoms with E-state index in [0.717, 1.165) is 119 Å². The van der Waals surface area contributed by atoms with E-state index in [-0.39, 0.29) is 84.6 Å². The third-order valence-electron chi connectivity index (χ3n) is 28.4. The van der Waals surface area contributed by atoms with Gasteiger partial charge in [0.05, 0.1) is 72.8 Å². The number of nitrogens with one attached hydrogen (secondary N) is 12. The van der Waals surface area contributed by atoms with E-state index in [9.17, 15) is 57.5 Å². The molecule has 0 bridgehead atoms. The van der Waals surface area contributed by atoms with Crippen molar-refractivity contribution < 1.29 is 81.6 Å². The summed E-state index contributed by atoms with van der Waals surface area (Å²) >= 11 is 0. The van der Waals surface area contributed by atoms with Gasteiger partial charge in [0, 0.05) is 46.5 Å². The molecule has 4 aromatic carbocycles. The van der Waals surface area contributed by atoms with E-state index in [0.29, 0.717) is 104 Å². The predicted octanol–water partition coefficient (Wildman–Crippen LogP) is 5.88. The molecule has 8 aliphatic rings. The van der Waals surface area contributed by atoms with Crippen LogP contribution in [0.3, 0.4) is 0 Å². The molecule has 4 aliphatic heterocycles. The number of amides is 12. The number of nitrogens with zero attached hydrogens (tertiary/aromatic N) is 4. The molecule has 8 unspecified atom stereocenters. The number of benzene rings is 4. The molecule has 4 aliphatic carbocycles. The second kappa shape index (κ2) is 55.3. The molecule has 4 saturated heterocycles. The molecule has 12 rings (SSSR count). The summed E-state index contributed by atoms with van der Waals surface area (Å²) in [6.45, 7) is 15.8. The van der Waals surface area contributed by atoms with Gasteiger partial charge in [-0.25, -0.2) is 0 Å². The molecule has 0 spiro atoms. The predicted molar refractivity (Wildman–Crippen MR) is 526 cm³/mol. The Labute approximate surface area is 815 Å². The SMILES string of the molecule is CN[C@@H](C)C(=O)N[C@H](C(=O)N1CCCC1C(=O)N[C@@H]1CCCc2ccccc21)C(C)OCC#CC#CCOC(C)[C@H](NC(=O)[C@H](C)NC)C(=O)N1CCCC1C(=O)N[C@@H]1CCCc2ccccc21.CN[C@@H](C)C(=O)N[C@H](C(=O)N1CCCC1C(=O)N[C@@H]1CCCc2ccccc21)C(C)OCCCCCCOC(C)[C@H](NC(=O)[C@H](C)NC)C(=O)N1CCCC1C(=O)N[C@@H]1CCCc2ccccc21.CO. The van der Waals surface area contributed by atoms with Gasteiger partial charge in [-0.1, -0.05) is 122 Å². The fraction of sp³-hybridized carbons (Fsp3) is 0.619. The smallest absolute Gasteiger partial charge is 0.248 e. The zero-order valence-corrected chi connectivity index (χ0v) is 83.2. The summed E-state index contributed by atoms with van der Waals surface area (Å²) in [5.74, 6) is 7.43. The second-order valence-corrected chi connectivity index (χ2v) is 37.6. The van der Waals surface area contributed by atoms with Gasteiger partial charge in [0.25, 0.3) is 0 Å². The van der Waals surface area contributed by atoms with Crippen LogP contribution in [0.4, 0.5) is 0 Å². The van der Waals surface area contributed by atoms with Gasteiger partial charge in [-0.05, 0) is 281 Å². The average molecular weight is 1910 g/mol. The van der Waals surface area contributed by atoms with Crippen LogP contribution < -0.4 is 63.8 Å². The van der Waals surface area contributed by atoms with Crippen molar-refractivity contribution in [2.75, 3.05) is 87.9 Å². The Hall–Kier alpha value is -10.7. The van der Waals surface area contributed by atoms with E-state index in [2.05, 4.69) is 124 Å². The van der Waals surface area contributed by atoms with Gasteiger partial charge in [0.15, 0.2) is 0 Å². The Balaban J connectivity index is 0.000000280. The van der Waals surface area contributed by atoms with Crippen LogP contribution in [0.15, 0.2) is 97.1 Å². The monoisotopic (exact) mass is 1910 g/mol. The van der Waals surface area contributed by atoms with Crippen molar-refractivity contribution in [2.45, 2.75) is 331 Å². The number of carbonyl (C=O) groups is 12. The van der Waals surface area contributed by atoms with Gasteiger partial charge in [0.2, 0.25) is 70.9 Å². The average Bonchev–Trinajstić information content (AvgIpc) is 1.79. The lowest BCUT2D eigenvalue weighted by Gasteiger charge is -2.33. The minimum Gasteiger partial charge on any atom is -0.400 e. The Morgan fingerprint density at radius 2 is 0.543 bits per heavy atom. The molecule has 20 atom stereocenters. The largest absolute Gasteiger partial charge is 0.400 e. The molecule has 4 heterocycles. The highest BCUT2D eigenvalue weighted by atomic mass is 16.5. The number of unbranched alkanes of at least 4 members (excludes halogenated alkanes) is 3. The van der Waals surface area contributed by atoms with Gasteiger partial charge in [-0.2, -0.15) is 0 Å². The number of hydrogen-bond acceptors (Lipinski definition) is 21. The summed E-state index contributed by atoms with van der Waals surface area (Å²) in [6, 6.07) is 23.2. The van der Waals surface area contributed by atoms with Crippen LogP contribution in [0.25, 0.3) is 0 Å². The number of aliphatic hydroxyl groups excluding tert-OH is 1. The van der Waals surface area contributed by atoms with Crippen molar-refractivity contribution in [3.05, 3.63) is 142 Å². The maximum absolute atomic E-state index is 14.3. The molecule has 0 saturated carbocycles. The van der Waals surface area contributed by atoms with Crippen LogP contribution in [0, 0.1) is 23.7 Å². The summed E-state index contributed by atoms with van der Waals surface area (Å²) in [5.41, 5.74) is 9.43. The van der Waals surface area contributed by atoms with Crippen molar-refractivity contribution in [3.8, 4) is 23.7 Å². The minimum atomic E-state index is -1.09. The van der Waals surface area contributed by atoms with Crippen molar-refractivity contribution in [1.29, 1.82) is 0 Å². The Morgan fingerprint density at radius 3 is 0.775 bits per heavy atom.